The van der Waals surface area contributed by atoms with Gasteiger partial charge in [0.25, 0.3) is 0 Å². The lowest BCUT2D eigenvalue weighted by Gasteiger charge is -2.03. The molecule has 0 radical (unpaired) electrons. The van der Waals surface area contributed by atoms with Gasteiger partial charge in [-0.05, 0) is 19.9 Å². The van der Waals surface area contributed by atoms with Crippen molar-refractivity contribution in [3.63, 3.8) is 0 Å². The molecule has 2 aromatic heterocycles. The van der Waals surface area contributed by atoms with Crippen LogP contribution in [0, 0.1) is 13.8 Å². The topological polar surface area (TPSA) is 52.8 Å². The van der Waals surface area contributed by atoms with Crippen LogP contribution in [0.2, 0.25) is 5.15 Å². The molecule has 5 nitrogen and oxygen atoms in total. The summed E-state index contributed by atoms with van der Waals surface area (Å²) in [6, 6.07) is 3.30. The first-order chi connectivity index (χ1) is 7.58. The summed E-state index contributed by atoms with van der Waals surface area (Å²) in [5, 5.41) is 12.1. The van der Waals surface area contributed by atoms with E-state index in [0.29, 0.717) is 16.8 Å². The van der Waals surface area contributed by atoms with E-state index in [1.54, 1.807) is 16.8 Å². The minimum absolute atomic E-state index is 0.340. The molecule has 0 aliphatic heterocycles. The summed E-state index contributed by atoms with van der Waals surface area (Å²) < 4.78 is 7.36. The third-order valence-electron chi connectivity index (χ3n) is 2.26. The monoisotopic (exact) mass is 238 g/mol. The van der Waals surface area contributed by atoms with Gasteiger partial charge < -0.3 is 4.74 Å². The molecule has 2 heterocycles. The highest BCUT2D eigenvalue weighted by Crippen LogP contribution is 2.26. The van der Waals surface area contributed by atoms with Gasteiger partial charge in [0, 0.05) is 13.1 Å². The molecule has 0 bridgehead atoms. The Kier molecular flexibility index (Phi) is 2.78. The van der Waals surface area contributed by atoms with Crippen molar-refractivity contribution in [1.29, 1.82) is 0 Å². The molecule has 0 aliphatic rings. The van der Waals surface area contributed by atoms with Crippen molar-refractivity contribution in [2.75, 3.05) is 0 Å². The van der Waals surface area contributed by atoms with Crippen molar-refractivity contribution < 1.29 is 4.74 Å². The van der Waals surface area contributed by atoms with Gasteiger partial charge in [0.05, 0.1) is 5.69 Å². The largest absolute Gasteiger partial charge is 0.434 e. The molecule has 0 saturated carbocycles. The van der Waals surface area contributed by atoms with Crippen molar-refractivity contribution in [2.45, 2.75) is 13.8 Å². The van der Waals surface area contributed by atoms with Crippen LogP contribution >= 0.6 is 11.6 Å². The van der Waals surface area contributed by atoms with E-state index in [1.165, 1.54) is 0 Å². The van der Waals surface area contributed by atoms with Gasteiger partial charge in [-0.25, -0.2) is 0 Å². The second-order valence-electron chi connectivity index (χ2n) is 3.42. The molecule has 84 valence electrons. The fraction of sp³-hybridized carbons (Fsp3) is 0.300. The van der Waals surface area contributed by atoms with Crippen molar-refractivity contribution in [1.82, 2.24) is 20.0 Å². The average Bonchev–Trinajstić information content (AvgIpc) is 2.48. The van der Waals surface area contributed by atoms with Gasteiger partial charge in [0.2, 0.25) is 5.88 Å². The van der Waals surface area contributed by atoms with Crippen LogP contribution < -0.4 is 4.74 Å². The number of hydrogen-bond acceptors (Lipinski definition) is 4. The molecular formula is C10H11ClN4O. The highest BCUT2D eigenvalue weighted by atomic mass is 35.5. The molecule has 0 N–H and O–H groups in total. The smallest absolute Gasteiger partial charge is 0.239 e. The van der Waals surface area contributed by atoms with Crippen LogP contribution in [-0.4, -0.2) is 20.0 Å². The number of nitrogens with zero attached hydrogens (tertiary/aromatic N) is 4. The molecule has 2 rings (SSSR count). The van der Waals surface area contributed by atoms with Crippen molar-refractivity contribution in [3.05, 3.63) is 28.7 Å². The standard InChI is InChI=1S/C10H11ClN4O/c1-6-10(7(2)15(3)14-6)16-9-5-4-8(11)12-13-9/h4-5H,1-3H3. The van der Waals surface area contributed by atoms with Crippen LogP contribution in [0.1, 0.15) is 11.4 Å². The first kappa shape index (κ1) is 10.9. The van der Waals surface area contributed by atoms with Gasteiger partial charge in [0.15, 0.2) is 10.9 Å². The van der Waals surface area contributed by atoms with E-state index in [-0.39, 0.29) is 0 Å². The average molecular weight is 239 g/mol. The maximum Gasteiger partial charge on any atom is 0.239 e. The molecular weight excluding hydrogens is 228 g/mol. The highest BCUT2D eigenvalue weighted by Gasteiger charge is 2.12. The number of halogens is 1. The quantitative estimate of drug-likeness (QED) is 0.806. The Labute approximate surface area is 98.0 Å². The molecule has 6 heteroatoms. The number of aryl methyl sites for hydroxylation is 2. The summed E-state index contributed by atoms with van der Waals surface area (Å²) in [4.78, 5) is 0. The van der Waals surface area contributed by atoms with Crippen molar-refractivity contribution in [3.8, 4) is 11.6 Å². The van der Waals surface area contributed by atoms with E-state index >= 15 is 0 Å². The zero-order valence-corrected chi connectivity index (χ0v) is 9.99. The van der Waals surface area contributed by atoms with E-state index in [4.69, 9.17) is 16.3 Å². The first-order valence-electron chi connectivity index (χ1n) is 4.75. The molecule has 0 spiro atoms. The number of ether oxygens (including phenoxy) is 1. The summed E-state index contributed by atoms with van der Waals surface area (Å²) in [6.07, 6.45) is 0. The molecule has 0 unspecified atom stereocenters. The molecule has 0 aromatic carbocycles. The maximum absolute atomic E-state index is 5.64. The van der Waals surface area contributed by atoms with Crippen LogP contribution in [0.3, 0.4) is 0 Å². The van der Waals surface area contributed by atoms with E-state index in [9.17, 15) is 0 Å². The number of aromatic nitrogens is 4. The second-order valence-corrected chi connectivity index (χ2v) is 3.81. The Morgan fingerprint density at radius 2 is 2.00 bits per heavy atom. The summed E-state index contributed by atoms with van der Waals surface area (Å²) in [7, 11) is 1.86. The van der Waals surface area contributed by atoms with E-state index in [1.807, 2.05) is 20.9 Å². The van der Waals surface area contributed by atoms with E-state index in [2.05, 4.69) is 15.3 Å². The third kappa shape index (κ3) is 1.99. The Bertz CT molecular complexity index is 506. The molecule has 16 heavy (non-hydrogen) atoms. The van der Waals surface area contributed by atoms with Crippen LogP contribution in [0.4, 0.5) is 0 Å². The number of hydrogen-bond donors (Lipinski definition) is 0. The van der Waals surface area contributed by atoms with Crippen molar-refractivity contribution in [2.24, 2.45) is 7.05 Å². The lowest BCUT2D eigenvalue weighted by molar-refractivity contribution is 0.448. The second kappa shape index (κ2) is 4.09. The summed E-state index contributed by atoms with van der Waals surface area (Å²) in [5.74, 6) is 1.11. The fourth-order valence-electron chi connectivity index (χ4n) is 1.36. The van der Waals surface area contributed by atoms with Crippen LogP contribution in [-0.2, 0) is 7.05 Å². The molecule has 0 fully saturated rings. The lowest BCUT2D eigenvalue weighted by Crippen LogP contribution is -1.94. The number of rotatable bonds is 2. The Morgan fingerprint density at radius 3 is 2.50 bits per heavy atom. The van der Waals surface area contributed by atoms with Crippen LogP contribution in [0.15, 0.2) is 12.1 Å². The predicted molar refractivity (Wildman–Crippen MR) is 59.8 cm³/mol. The maximum atomic E-state index is 5.64. The summed E-state index contributed by atoms with van der Waals surface area (Å²) in [6.45, 7) is 3.81. The third-order valence-corrected chi connectivity index (χ3v) is 2.46. The minimum atomic E-state index is 0.340. The minimum Gasteiger partial charge on any atom is -0.434 e. The normalized spacial score (nSPS) is 10.5. The molecule has 0 amide bonds. The Hall–Kier alpha value is -1.62. The molecule has 0 aliphatic carbocycles. The van der Waals surface area contributed by atoms with E-state index in [0.717, 1.165) is 11.4 Å². The van der Waals surface area contributed by atoms with Crippen LogP contribution in [0.5, 0.6) is 11.6 Å². The van der Waals surface area contributed by atoms with Gasteiger partial charge in [-0.2, -0.15) is 5.10 Å². The van der Waals surface area contributed by atoms with Gasteiger partial charge in [-0.15, -0.1) is 10.2 Å². The van der Waals surface area contributed by atoms with E-state index < -0.39 is 0 Å². The predicted octanol–water partition coefficient (Wildman–Crippen LogP) is 2.27. The zero-order chi connectivity index (χ0) is 11.7. The van der Waals surface area contributed by atoms with Gasteiger partial charge in [-0.1, -0.05) is 11.6 Å². The molecule has 2 aromatic rings. The zero-order valence-electron chi connectivity index (χ0n) is 9.23. The van der Waals surface area contributed by atoms with Gasteiger partial charge in [-0.3, -0.25) is 4.68 Å². The van der Waals surface area contributed by atoms with Crippen molar-refractivity contribution >= 4 is 11.6 Å². The van der Waals surface area contributed by atoms with Crippen LogP contribution in [0.25, 0.3) is 0 Å². The summed E-state index contributed by atoms with van der Waals surface area (Å²) in [5.41, 5.74) is 1.76. The highest BCUT2D eigenvalue weighted by molar-refractivity contribution is 6.29. The summed E-state index contributed by atoms with van der Waals surface area (Å²) >= 11 is 5.64. The molecule has 0 atom stereocenters. The Morgan fingerprint density at radius 1 is 1.25 bits per heavy atom. The fourth-order valence-corrected chi connectivity index (χ4v) is 1.47. The SMILES string of the molecule is Cc1nn(C)c(C)c1Oc1ccc(Cl)nn1. The Balaban J connectivity index is 2.30. The molecule has 0 saturated heterocycles. The van der Waals surface area contributed by atoms with Gasteiger partial charge in [0.1, 0.15) is 5.69 Å². The first-order valence-corrected chi connectivity index (χ1v) is 5.13. The lowest BCUT2D eigenvalue weighted by atomic mass is 10.3. The van der Waals surface area contributed by atoms with Gasteiger partial charge >= 0.3 is 0 Å².